The van der Waals surface area contributed by atoms with E-state index in [2.05, 4.69) is 31.0 Å². The van der Waals surface area contributed by atoms with Crippen LogP contribution in [0.5, 0.6) is 0 Å². The van der Waals surface area contributed by atoms with Gasteiger partial charge in [0.15, 0.2) is 0 Å². The molecule has 15 heavy (non-hydrogen) atoms. The largest absolute Gasteiger partial charge is 0.315 e. The highest BCUT2D eigenvalue weighted by molar-refractivity contribution is 5.02. The van der Waals surface area contributed by atoms with E-state index in [9.17, 15) is 0 Å². The zero-order valence-corrected chi connectivity index (χ0v) is 10.6. The molecule has 2 nitrogen and oxygen atoms in total. The summed E-state index contributed by atoms with van der Waals surface area (Å²) < 4.78 is 0. The van der Waals surface area contributed by atoms with E-state index >= 15 is 0 Å². The Kier molecular flexibility index (Phi) is 3.36. The minimum Gasteiger partial charge on any atom is -0.315 e. The number of nitrogens with one attached hydrogen (secondary N) is 1. The Morgan fingerprint density at radius 1 is 1.53 bits per heavy atom. The third-order valence-corrected chi connectivity index (χ3v) is 4.45. The Balaban J connectivity index is 2.10. The van der Waals surface area contributed by atoms with Gasteiger partial charge in [-0.2, -0.15) is 0 Å². The van der Waals surface area contributed by atoms with Gasteiger partial charge in [-0.1, -0.05) is 13.8 Å². The number of hydrogen-bond donors (Lipinski definition) is 1. The van der Waals surface area contributed by atoms with Gasteiger partial charge in [-0.05, 0) is 51.6 Å². The zero-order valence-electron chi connectivity index (χ0n) is 10.6. The Morgan fingerprint density at radius 3 is 3.00 bits per heavy atom. The molecule has 0 amide bonds. The molecule has 2 saturated heterocycles. The van der Waals surface area contributed by atoms with Gasteiger partial charge in [-0.25, -0.2) is 0 Å². The highest BCUT2D eigenvalue weighted by Gasteiger charge is 2.44. The second-order valence-corrected chi connectivity index (χ2v) is 5.72. The Bertz CT molecular complexity index is 217. The third-order valence-electron chi connectivity index (χ3n) is 4.45. The molecular weight excluding hydrogens is 184 g/mol. The average molecular weight is 210 g/mol. The molecule has 0 aromatic rings. The van der Waals surface area contributed by atoms with Crippen molar-refractivity contribution in [1.29, 1.82) is 0 Å². The van der Waals surface area contributed by atoms with Gasteiger partial charge >= 0.3 is 0 Å². The van der Waals surface area contributed by atoms with Crippen LogP contribution < -0.4 is 5.32 Å². The van der Waals surface area contributed by atoms with E-state index in [1.807, 2.05) is 0 Å². The topological polar surface area (TPSA) is 15.3 Å². The highest BCUT2D eigenvalue weighted by Crippen LogP contribution is 2.38. The summed E-state index contributed by atoms with van der Waals surface area (Å²) in [5.41, 5.74) is 0.507. The summed E-state index contributed by atoms with van der Waals surface area (Å²) in [4.78, 5) is 2.79. The molecule has 1 N–H and O–H groups in total. The van der Waals surface area contributed by atoms with Crippen LogP contribution in [-0.4, -0.2) is 36.1 Å². The molecule has 2 heteroatoms. The number of piperidine rings is 1. The first-order valence-corrected chi connectivity index (χ1v) is 6.65. The van der Waals surface area contributed by atoms with Gasteiger partial charge in [-0.15, -0.1) is 0 Å². The molecule has 2 fully saturated rings. The van der Waals surface area contributed by atoms with Crippen LogP contribution in [-0.2, 0) is 0 Å². The molecular formula is C13H26N2. The Hall–Kier alpha value is -0.0800. The second kappa shape index (κ2) is 4.42. The minimum absolute atomic E-state index is 0.507. The van der Waals surface area contributed by atoms with Crippen molar-refractivity contribution >= 4 is 0 Å². The molecule has 2 aliphatic rings. The van der Waals surface area contributed by atoms with Gasteiger partial charge in [0.25, 0.3) is 0 Å². The van der Waals surface area contributed by atoms with E-state index in [0.29, 0.717) is 5.54 Å². The summed E-state index contributed by atoms with van der Waals surface area (Å²) in [6.07, 6.45) is 5.51. The van der Waals surface area contributed by atoms with E-state index in [1.165, 1.54) is 45.3 Å². The number of hydrogen-bond acceptors (Lipinski definition) is 2. The molecule has 0 radical (unpaired) electrons. The first kappa shape index (κ1) is 11.4. The second-order valence-electron chi connectivity index (χ2n) is 5.72. The number of rotatable bonds is 2. The van der Waals surface area contributed by atoms with Crippen LogP contribution in [0, 0.1) is 5.92 Å². The standard InChI is InChI=1S/C13H26N2/c1-4-12(3)15-7-5-6-13(15)8-11(2)9-14-10-13/h11-12,14H,4-10H2,1-3H3. The molecule has 0 aromatic carbocycles. The van der Waals surface area contributed by atoms with Crippen molar-refractivity contribution in [3.8, 4) is 0 Å². The Morgan fingerprint density at radius 2 is 2.33 bits per heavy atom. The summed E-state index contributed by atoms with van der Waals surface area (Å²) in [7, 11) is 0. The molecule has 0 aromatic heterocycles. The van der Waals surface area contributed by atoms with Gasteiger partial charge in [0.1, 0.15) is 0 Å². The Labute approximate surface area is 94.4 Å². The summed E-state index contributed by atoms with van der Waals surface area (Å²) in [5, 5.41) is 3.63. The third kappa shape index (κ3) is 2.07. The van der Waals surface area contributed by atoms with Crippen molar-refractivity contribution in [3.63, 3.8) is 0 Å². The monoisotopic (exact) mass is 210 g/mol. The maximum atomic E-state index is 3.63. The molecule has 88 valence electrons. The maximum absolute atomic E-state index is 3.63. The molecule has 0 aliphatic carbocycles. The molecule has 2 aliphatic heterocycles. The van der Waals surface area contributed by atoms with E-state index in [4.69, 9.17) is 0 Å². The fourth-order valence-electron chi connectivity index (χ4n) is 3.62. The van der Waals surface area contributed by atoms with Crippen LogP contribution in [0.25, 0.3) is 0 Å². The van der Waals surface area contributed by atoms with E-state index < -0.39 is 0 Å². The summed E-state index contributed by atoms with van der Waals surface area (Å²) in [6, 6.07) is 0.764. The number of likely N-dealkylation sites (tertiary alicyclic amines) is 1. The lowest BCUT2D eigenvalue weighted by Crippen LogP contribution is -2.58. The lowest BCUT2D eigenvalue weighted by Gasteiger charge is -2.46. The smallest absolute Gasteiger partial charge is 0.0340 e. The summed E-state index contributed by atoms with van der Waals surface area (Å²) in [5.74, 6) is 0.850. The van der Waals surface area contributed by atoms with Crippen molar-refractivity contribution in [2.45, 2.75) is 58.0 Å². The summed E-state index contributed by atoms with van der Waals surface area (Å²) >= 11 is 0. The van der Waals surface area contributed by atoms with Crippen LogP contribution in [0.1, 0.15) is 46.5 Å². The first-order valence-electron chi connectivity index (χ1n) is 6.65. The molecule has 1 spiro atoms. The normalized spacial score (nSPS) is 39.8. The van der Waals surface area contributed by atoms with Crippen LogP contribution >= 0.6 is 0 Å². The zero-order chi connectivity index (χ0) is 10.9. The van der Waals surface area contributed by atoms with Crippen molar-refractivity contribution in [1.82, 2.24) is 10.2 Å². The molecule has 0 saturated carbocycles. The summed E-state index contributed by atoms with van der Waals surface area (Å²) in [6.45, 7) is 10.9. The van der Waals surface area contributed by atoms with Crippen molar-refractivity contribution in [3.05, 3.63) is 0 Å². The fourth-order valence-corrected chi connectivity index (χ4v) is 3.62. The van der Waals surface area contributed by atoms with Gasteiger partial charge < -0.3 is 5.32 Å². The van der Waals surface area contributed by atoms with E-state index in [0.717, 1.165) is 12.0 Å². The van der Waals surface area contributed by atoms with Gasteiger partial charge in [0.05, 0.1) is 0 Å². The number of nitrogens with zero attached hydrogens (tertiary/aromatic N) is 1. The van der Waals surface area contributed by atoms with Crippen molar-refractivity contribution < 1.29 is 0 Å². The molecule has 3 atom stereocenters. The molecule has 3 unspecified atom stereocenters. The lowest BCUT2D eigenvalue weighted by atomic mass is 9.82. The fraction of sp³-hybridized carbons (Fsp3) is 1.00. The molecule has 2 heterocycles. The van der Waals surface area contributed by atoms with Crippen LogP contribution in [0.3, 0.4) is 0 Å². The van der Waals surface area contributed by atoms with Gasteiger partial charge in [0.2, 0.25) is 0 Å². The predicted octanol–water partition coefficient (Wildman–Crippen LogP) is 2.25. The predicted molar refractivity (Wildman–Crippen MR) is 65.1 cm³/mol. The van der Waals surface area contributed by atoms with Crippen LogP contribution in [0.4, 0.5) is 0 Å². The first-order chi connectivity index (χ1) is 7.18. The van der Waals surface area contributed by atoms with Crippen LogP contribution in [0.2, 0.25) is 0 Å². The minimum atomic E-state index is 0.507. The maximum Gasteiger partial charge on any atom is 0.0340 e. The molecule has 2 rings (SSSR count). The van der Waals surface area contributed by atoms with E-state index in [-0.39, 0.29) is 0 Å². The van der Waals surface area contributed by atoms with E-state index in [1.54, 1.807) is 0 Å². The molecule has 0 bridgehead atoms. The quantitative estimate of drug-likeness (QED) is 0.752. The SMILES string of the molecule is CCC(C)N1CCCC12CNCC(C)C2. The lowest BCUT2D eigenvalue weighted by molar-refractivity contribution is 0.0510. The average Bonchev–Trinajstić information content (AvgIpc) is 2.60. The highest BCUT2D eigenvalue weighted by atomic mass is 15.3. The van der Waals surface area contributed by atoms with Crippen molar-refractivity contribution in [2.75, 3.05) is 19.6 Å². The van der Waals surface area contributed by atoms with Crippen molar-refractivity contribution in [2.24, 2.45) is 5.92 Å². The van der Waals surface area contributed by atoms with Crippen LogP contribution in [0.15, 0.2) is 0 Å². The van der Waals surface area contributed by atoms with Gasteiger partial charge in [-0.3, -0.25) is 4.90 Å². The van der Waals surface area contributed by atoms with Gasteiger partial charge in [0, 0.05) is 18.1 Å².